The second-order valence-electron chi connectivity index (χ2n) is 4.55. The van der Waals surface area contributed by atoms with Gasteiger partial charge in [-0.1, -0.05) is 17.7 Å². The van der Waals surface area contributed by atoms with Crippen LogP contribution >= 0.6 is 0 Å². The van der Waals surface area contributed by atoms with Gasteiger partial charge in [0.05, 0.1) is 18.4 Å². The summed E-state index contributed by atoms with van der Waals surface area (Å²) in [5.41, 5.74) is 6.26. The molecule has 1 heterocycles. The van der Waals surface area contributed by atoms with Crippen molar-refractivity contribution >= 4 is 0 Å². The Bertz CT molecular complexity index is 503. The largest absolute Gasteiger partial charge is 0.341 e. The number of nitrogens with one attached hydrogen (secondary N) is 2. The van der Waals surface area contributed by atoms with Crippen LogP contribution in [0.1, 0.15) is 22.5 Å². The lowest BCUT2D eigenvalue weighted by atomic mass is 9.98. The molecule has 0 radical (unpaired) electrons. The van der Waals surface area contributed by atoms with Crippen molar-refractivity contribution in [2.24, 2.45) is 0 Å². The number of nitrogens with zero attached hydrogens (tertiary/aromatic N) is 1. The van der Waals surface area contributed by atoms with Gasteiger partial charge in [-0.05, 0) is 38.9 Å². The fraction of sp³-hybridized carbons (Fsp3) is 0.357. The highest BCUT2D eigenvalue weighted by atomic mass is 15.0. The van der Waals surface area contributed by atoms with Crippen molar-refractivity contribution < 1.29 is 0 Å². The molecule has 0 fully saturated rings. The molecule has 0 aliphatic carbocycles. The van der Waals surface area contributed by atoms with Crippen molar-refractivity contribution in [2.75, 3.05) is 7.05 Å². The molecule has 0 aliphatic rings. The van der Waals surface area contributed by atoms with Crippen molar-refractivity contribution in [1.29, 1.82) is 0 Å². The van der Waals surface area contributed by atoms with Crippen molar-refractivity contribution in [1.82, 2.24) is 15.3 Å². The van der Waals surface area contributed by atoms with E-state index in [1.165, 1.54) is 22.3 Å². The molecule has 1 aromatic heterocycles. The molecule has 0 bridgehead atoms. The van der Waals surface area contributed by atoms with Crippen molar-refractivity contribution in [2.45, 2.75) is 27.3 Å². The number of H-pyrrole nitrogens is 1. The summed E-state index contributed by atoms with van der Waals surface area (Å²) in [7, 11) is 1.92. The summed E-state index contributed by atoms with van der Waals surface area (Å²) in [6, 6.07) is 4.42. The van der Waals surface area contributed by atoms with Gasteiger partial charge in [-0.15, -0.1) is 0 Å². The molecular formula is C14H19N3. The smallest absolute Gasteiger partial charge is 0.120 e. The molecule has 0 atom stereocenters. The van der Waals surface area contributed by atoms with E-state index < -0.39 is 0 Å². The van der Waals surface area contributed by atoms with Gasteiger partial charge in [-0.3, -0.25) is 0 Å². The Balaban J connectivity index is 2.45. The van der Waals surface area contributed by atoms with Crippen LogP contribution in [0.25, 0.3) is 11.3 Å². The maximum Gasteiger partial charge on any atom is 0.120 e. The van der Waals surface area contributed by atoms with E-state index in [9.17, 15) is 0 Å². The maximum absolute atomic E-state index is 4.37. The number of rotatable bonds is 3. The van der Waals surface area contributed by atoms with Crippen LogP contribution in [-0.4, -0.2) is 17.0 Å². The summed E-state index contributed by atoms with van der Waals surface area (Å²) in [6.07, 6.45) is 1.91. The summed E-state index contributed by atoms with van der Waals surface area (Å²) in [6.45, 7) is 7.19. The molecule has 0 saturated heterocycles. The molecule has 0 spiro atoms. The summed E-state index contributed by atoms with van der Waals surface area (Å²) >= 11 is 0. The van der Waals surface area contributed by atoms with Crippen molar-refractivity contribution in [3.05, 3.63) is 40.8 Å². The molecule has 0 aliphatic heterocycles. The van der Waals surface area contributed by atoms with Gasteiger partial charge in [0.2, 0.25) is 0 Å². The van der Waals surface area contributed by atoms with Crippen molar-refractivity contribution in [3.8, 4) is 11.3 Å². The minimum absolute atomic E-state index is 0.768. The second-order valence-corrected chi connectivity index (χ2v) is 4.55. The molecule has 2 N–H and O–H groups in total. The number of aromatic amines is 1. The van der Waals surface area contributed by atoms with E-state index in [0.29, 0.717) is 0 Å². The molecule has 0 saturated carbocycles. The number of aryl methyl sites for hydroxylation is 3. The van der Waals surface area contributed by atoms with E-state index in [0.717, 1.165) is 18.1 Å². The molecule has 90 valence electrons. The lowest BCUT2D eigenvalue weighted by molar-refractivity contribution is 0.772. The predicted octanol–water partition coefficient (Wildman–Crippen LogP) is 2.72. The van der Waals surface area contributed by atoms with Gasteiger partial charge in [-0.2, -0.15) is 0 Å². The van der Waals surface area contributed by atoms with E-state index in [1.807, 2.05) is 13.2 Å². The fourth-order valence-corrected chi connectivity index (χ4v) is 2.35. The van der Waals surface area contributed by atoms with Crippen LogP contribution in [-0.2, 0) is 6.54 Å². The van der Waals surface area contributed by atoms with Gasteiger partial charge < -0.3 is 10.3 Å². The second kappa shape index (κ2) is 4.72. The van der Waals surface area contributed by atoms with Crippen LogP contribution in [0.2, 0.25) is 0 Å². The van der Waals surface area contributed by atoms with Crippen molar-refractivity contribution in [3.63, 3.8) is 0 Å². The van der Waals surface area contributed by atoms with Gasteiger partial charge in [0, 0.05) is 5.56 Å². The molecule has 0 amide bonds. The maximum atomic E-state index is 4.37. The topological polar surface area (TPSA) is 40.7 Å². The third-order valence-corrected chi connectivity index (χ3v) is 2.92. The summed E-state index contributed by atoms with van der Waals surface area (Å²) < 4.78 is 0. The molecule has 17 heavy (non-hydrogen) atoms. The first-order valence-electron chi connectivity index (χ1n) is 5.88. The van der Waals surface area contributed by atoms with Gasteiger partial charge in [0.25, 0.3) is 0 Å². The van der Waals surface area contributed by atoms with Crippen LogP contribution in [0.3, 0.4) is 0 Å². The van der Waals surface area contributed by atoms with E-state index in [4.69, 9.17) is 0 Å². The van der Waals surface area contributed by atoms with Crippen LogP contribution in [0.15, 0.2) is 18.3 Å². The standard InChI is InChI=1S/C14H19N3/c1-9-5-10(2)14(11(3)6-9)12-7-16-13(17-12)8-15-4/h5-7,15H,8H2,1-4H3,(H,16,17). The molecule has 3 heteroatoms. The molecular weight excluding hydrogens is 210 g/mol. The van der Waals surface area contributed by atoms with Gasteiger partial charge >= 0.3 is 0 Å². The Morgan fingerprint density at radius 3 is 2.41 bits per heavy atom. The minimum atomic E-state index is 0.768. The highest BCUT2D eigenvalue weighted by Gasteiger charge is 2.09. The van der Waals surface area contributed by atoms with Crippen LogP contribution in [0, 0.1) is 20.8 Å². The Morgan fingerprint density at radius 2 is 1.82 bits per heavy atom. The highest BCUT2D eigenvalue weighted by Crippen LogP contribution is 2.26. The zero-order valence-corrected chi connectivity index (χ0v) is 10.9. The summed E-state index contributed by atoms with van der Waals surface area (Å²) in [5.74, 6) is 0.974. The quantitative estimate of drug-likeness (QED) is 0.849. The zero-order chi connectivity index (χ0) is 12.4. The molecule has 3 nitrogen and oxygen atoms in total. The Morgan fingerprint density at radius 1 is 1.18 bits per heavy atom. The average Bonchev–Trinajstić information content (AvgIpc) is 2.65. The molecule has 1 aromatic carbocycles. The zero-order valence-electron chi connectivity index (χ0n) is 10.9. The van der Waals surface area contributed by atoms with Gasteiger partial charge in [0.15, 0.2) is 0 Å². The van der Waals surface area contributed by atoms with E-state index >= 15 is 0 Å². The lowest BCUT2D eigenvalue weighted by Crippen LogP contribution is -2.06. The van der Waals surface area contributed by atoms with Gasteiger partial charge in [0.1, 0.15) is 5.82 Å². The minimum Gasteiger partial charge on any atom is -0.341 e. The number of hydrogen-bond acceptors (Lipinski definition) is 2. The monoisotopic (exact) mass is 229 g/mol. The Labute approximate surface area is 102 Å². The average molecular weight is 229 g/mol. The Hall–Kier alpha value is -1.61. The number of hydrogen-bond donors (Lipinski definition) is 2. The summed E-state index contributed by atoms with van der Waals surface area (Å²) in [4.78, 5) is 7.73. The SMILES string of the molecule is CNCc1ncc(-c2c(C)cc(C)cc2C)[nH]1. The number of benzene rings is 1. The Kier molecular flexibility index (Phi) is 3.29. The predicted molar refractivity (Wildman–Crippen MR) is 71.0 cm³/mol. The first kappa shape index (κ1) is 11.9. The third-order valence-electron chi connectivity index (χ3n) is 2.92. The fourth-order valence-electron chi connectivity index (χ4n) is 2.35. The molecule has 2 aromatic rings. The summed E-state index contributed by atoms with van der Waals surface area (Å²) in [5, 5.41) is 3.09. The van der Waals surface area contributed by atoms with Gasteiger partial charge in [-0.25, -0.2) is 4.98 Å². The first-order chi connectivity index (χ1) is 8.11. The number of aromatic nitrogens is 2. The highest BCUT2D eigenvalue weighted by molar-refractivity contribution is 5.67. The third kappa shape index (κ3) is 2.39. The lowest BCUT2D eigenvalue weighted by Gasteiger charge is -2.09. The van der Waals surface area contributed by atoms with Crippen LogP contribution < -0.4 is 5.32 Å². The first-order valence-corrected chi connectivity index (χ1v) is 5.88. The van der Waals surface area contributed by atoms with E-state index in [-0.39, 0.29) is 0 Å². The normalized spacial score (nSPS) is 10.8. The van der Waals surface area contributed by atoms with E-state index in [2.05, 4.69) is 48.2 Å². The number of imidazole rings is 1. The van der Waals surface area contributed by atoms with Crippen LogP contribution in [0.4, 0.5) is 0 Å². The van der Waals surface area contributed by atoms with E-state index in [1.54, 1.807) is 0 Å². The molecule has 0 unspecified atom stereocenters. The molecule has 2 rings (SSSR count). The van der Waals surface area contributed by atoms with Crippen LogP contribution in [0.5, 0.6) is 0 Å².